The van der Waals surface area contributed by atoms with Crippen molar-refractivity contribution in [3.63, 3.8) is 0 Å². The van der Waals surface area contributed by atoms with Gasteiger partial charge < -0.3 is 0 Å². The Labute approximate surface area is 64.0 Å². The normalized spacial score (nSPS) is 11.3. The van der Waals surface area contributed by atoms with Gasteiger partial charge in [0.1, 0.15) is 0 Å². The Bertz CT molecular complexity index is 170. The zero-order valence-corrected chi connectivity index (χ0v) is 7.20. The standard InChI is InChI=1S/C10H16/c1-6-9(4)7-10(5)8(2)3/h7H,2,4,6H2,1,3,5H3/b10-7-. The first kappa shape index (κ1) is 9.22. The van der Waals surface area contributed by atoms with Crippen LogP contribution >= 0.6 is 0 Å². The first-order chi connectivity index (χ1) is 4.57. The van der Waals surface area contributed by atoms with E-state index in [2.05, 4.69) is 33.1 Å². The Hall–Kier alpha value is -0.780. The predicted octanol–water partition coefficient (Wildman–Crippen LogP) is 3.48. The minimum atomic E-state index is 1.02. The molecule has 0 heteroatoms. The molecule has 0 N–H and O–H groups in total. The smallest absolute Gasteiger partial charge is 0.0313 e. The van der Waals surface area contributed by atoms with Gasteiger partial charge in [-0.3, -0.25) is 0 Å². The molecule has 0 amide bonds. The topological polar surface area (TPSA) is 0 Å². The summed E-state index contributed by atoms with van der Waals surface area (Å²) in [4.78, 5) is 0. The van der Waals surface area contributed by atoms with Crippen LogP contribution in [-0.2, 0) is 0 Å². The largest absolute Gasteiger partial charge is 0.0958 e. The second-order valence-electron chi connectivity index (χ2n) is 2.62. The molecule has 10 heavy (non-hydrogen) atoms. The van der Waals surface area contributed by atoms with Gasteiger partial charge in [0.05, 0.1) is 0 Å². The van der Waals surface area contributed by atoms with Crippen LogP contribution in [0.2, 0.25) is 0 Å². The van der Waals surface area contributed by atoms with Crippen LogP contribution in [0.15, 0.2) is 36.0 Å². The summed E-state index contributed by atoms with van der Waals surface area (Å²) >= 11 is 0. The number of allylic oxidation sites excluding steroid dienone is 4. The molecule has 0 radical (unpaired) electrons. The first-order valence-electron chi connectivity index (χ1n) is 3.60. The third-order valence-electron chi connectivity index (χ3n) is 1.55. The molecule has 0 heterocycles. The highest BCUT2D eigenvalue weighted by molar-refractivity contribution is 5.31. The average molecular weight is 136 g/mol. The maximum atomic E-state index is 3.88. The second kappa shape index (κ2) is 4.10. The SMILES string of the molecule is C=C(/C=C(/C)C(=C)C)CC. The van der Waals surface area contributed by atoms with E-state index in [9.17, 15) is 0 Å². The predicted molar refractivity (Wildman–Crippen MR) is 48.0 cm³/mol. The van der Waals surface area contributed by atoms with Gasteiger partial charge in [0, 0.05) is 0 Å². The van der Waals surface area contributed by atoms with Crippen molar-refractivity contribution in [3.8, 4) is 0 Å². The van der Waals surface area contributed by atoms with Crippen LogP contribution in [0.3, 0.4) is 0 Å². The number of rotatable bonds is 3. The Morgan fingerprint density at radius 3 is 2.10 bits per heavy atom. The molecule has 0 aliphatic heterocycles. The number of hydrogen-bond donors (Lipinski definition) is 0. The molecule has 0 aliphatic carbocycles. The van der Waals surface area contributed by atoms with E-state index >= 15 is 0 Å². The van der Waals surface area contributed by atoms with Gasteiger partial charge in [-0.2, -0.15) is 0 Å². The lowest BCUT2D eigenvalue weighted by Gasteiger charge is -1.99. The zero-order valence-electron chi connectivity index (χ0n) is 7.20. The summed E-state index contributed by atoms with van der Waals surface area (Å²) in [5, 5.41) is 0. The summed E-state index contributed by atoms with van der Waals surface area (Å²) in [6.07, 6.45) is 3.10. The third kappa shape index (κ3) is 3.29. The maximum absolute atomic E-state index is 3.88. The van der Waals surface area contributed by atoms with E-state index in [1.54, 1.807) is 0 Å². The average Bonchev–Trinajstić information content (AvgIpc) is 1.87. The van der Waals surface area contributed by atoms with E-state index in [4.69, 9.17) is 0 Å². The molecular weight excluding hydrogens is 120 g/mol. The Kier molecular flexibility index (Phi) is 3.78. The van der Waals surface area contributed by atoms with Gasteiger partial charge in [0.25, 0.3) is 0 Å². The lowest BCUT2D eigenvalue weighted by atomic mass is 10.1. The van der Waals surface area contributed by atoms with E-state index in [1.165, 1.54) is 11.1 Å². The highest BCUT2D eigenvalue weighted by atomic mass is 14.0. The monoisotopic (exact) mass is 136 g/mol. The minimum Gasteiger partial charge on any atom is -0.0958 e. The molecule has 0 spiro atoms. The molecule has 0 aliphatic rings. The molecule has 0 aromatic carbocycles. The van der Waals surface area contributed by atoms with E-state index in [-0.39, 0.29) is 0 Å². The summed E-state index contributed by atoms with van der Waals surface area (Å²) < 4.78 is 0. The van der Waals surface area contributed by atoms with E-state index < -0.39 is 0 Å². The van der Waals surface area contributed by atoms with Gasteiger partial charge in [0.15, 0.2) is 0 Å². The van der Waals surface area contributed by atoms with Gasteiger partial charge in [-0.05, 0) is 25.8 Å². The third-order valence-corrected chi connectivity index (χ3v) is 1.55. The first-order valence-corrected chi connectivity index (χ1v) is 3.60. The zero-order chi connectivity index (χ0) is 8.15. The Morgan fingerprint density at radius 2 is 1.80 bits per heavy atom. The van der Waals surface area contributed by atoms with Crippen molar-refractivity contribution in [3.05, 3.63) is 36.0 Å². The molecule has 0 fully saturated rings. The molecule has 0 bridgehead atoms. The van der Waals surface area contributed by atoms with Crippen LogP contribution < -0.4 is 0 Å². The quantitative estimate of drug-likeness (QED) is 0.521. The van der Waals surface area contributed by atoms with Crippen LogP contribution in [-0.4, -0.2) is 0 Å². The van der Waals surface area contributed by atoms with E-state index in [0.29, 0.717) is 0 Å². The van der Waals surface area contributed by atoms with Gasteiger partial charge in [0.2, 0.25) is 0 Å². The molecule has 56 valence electrons. The van der Waals surface area contributed by atoms with Crippen LogP contribution in [0.5, 0.6) is 0 Å². The van der Waals surface area contributed by atoms with Crippen LogP contribution in [0.1, 0.15) is 27.2 Å². The highest BCUT2D eigenvalue weighted by Gasteiger charge is 1.89. The van der Waals surface area contributed by atoms with Crippen LogP contribution in [0, 0.1) is 0 Å². The fraction of sp³-hybridized carbons (Fsp3) is 0.400. The lowest BCUT2D eigenvalue weighted by Crippen LogP contribution is -1.78. The lowest BCUT2D eigenvalue weighted by molar-refractivity contribution is 1.15. The molecule has 0 atom stereocenters. The summed E-state index contributed by atoms with van der Waals surface area (Å²) in [5.74, 6) is 0. The Balaban J connectivity index is 4.16. The molecule has 0 saturated heterocycles. The summed E-state index contributed by atoms with van der Waals surface area (Å²) in [6, 6.07) is 0. The van der Waals surface area contributed by atoms with Gasteiger partial charge >= 0.3 is 0 Å². The molecule has 0 aromatic heterocycles. The molecular formula is C10H16. The van der Waals surface area contributed by atoms with Crippen molar-refractivity contribution in [2.24, 2.45) is 0 Å². The summed E-state index contributed by atoms with van der Waals surface area (Å²) in [5.41, 5.74) is 3.52. The highest BCUT2D eigenvalue weighted by Crippen LogP contribution is 2.09. The van der Waals surface area contributed by atoms with Gasteiger partial charge in [-0.25, -0.2) is 0 Å². The van der Waals surface area contributed by atoms with Crippen LogP contribution in [0.4, 0.5) is 0 Å². The number of hydrogen-bond acceptors (Lipinski definition) is 0. The van der Waals surface area contributed by atoms with Crippen LogP contribution in [0.25, 0.3) is 0 Å². The van der Waals surface area contributed by atoms with E-state index in [1.807, 2.05) is 6.92 Å². The van der Waals surface area contributed by atoms with Gasteiger partial charge in [-0.1, -0.05) is 37.3 Å². The molecule has 0 aromatic rings. The van der Waals surface area contributed by atoms with Crippen molar-refractivity contribution in [1.29, 1.82) is 0 Å². The fourth-order valence-corrected chi connectivity index (χ4v) is 0.531. The van der Waals surface area contributed by atoms with Crippen molar-refractivity contribution in [1.82, 2.24) is 0 Å². The van der Waals surface area contributed by atoms with Gasteiger partial charge in [-0.15, -0.1) is 0 Å². The Morgan fingerprint density at radius 1 is 1.30 bits per heavy atom. The van der Waals surface area contributed by atoms with Crippen molar-refractivity contribution in [2.75, 3.05) is 0 Å². The van der Waals surface area contributed by atoms with Crippen molar-refractivity contribution in [2.45, 2.75) is 27.2 Å². The fourth-order valence-electron chi connectivity index (χ4n) is 0.531. The van der Waals surface area contributed by atoms with Crippen molar-refractivity contribution < 1.29 is 0 Å². The summed E-state index contributed by atoms with van der Waals surface area (Å²) in [7, 11) is 0. The van der Waals surface area contributed by atoms with E-state index in [0.717, 1.165) is 12.0 Å². The maximum Gasteiger partial charge on any atom is -0.0313 e. The molecule has 0 unspecified atom stereocenters. The minimum absolute atomic E-state index is 1.02. The molecule has 0 saturated carbocycles. The van der Waals surface area contributed by atoms with Crippen molar-refractivity contribution >= 4 is 0 Å². The second-order valence-corrected chi connectivity index (χ2v) is 2.62. The summed E-state index contributed by atoms with van der Waals surface area (Å²) in [6.45, 7) is 13.9. The molecule has 0 nitrogen and oxygen atoms in total. The molecule has 0 rings (SSSR count).